The zero-order chi connectivity index (χ0) is 26.2. The summed E-state index contributed by atoms with van der Waals surface area (Å²) < 4.78 is 21.7. The maximum Gasteiger partial charge on any atom is 0.322 e. The van der Waals surface area contributed by atoms with E-state index in [0.717, 1.165) is 11.3 Å². The van der Waals surface area contributed by atoms with E-state index in [1.165, 1.54) is 12.0 Å². The number of hydrogen-bond donors (Lipinski definition) is 1. The second-order valence-electron chi connectivity index (χ2n) is 8.49. The largest absolute Gasteiger partial charge is 0.464 e. The summed E-state index contributed by atoms with van der Waals surface area (Å²) >= 11 is 0. The van der Waals surface area contributed by atoms with Crippen LogP contribution in [0.15, 0.2) is 59.0 Å². The Morgan fingerprint density at radius 3 is 2.65 bits per heavy atom. The molecule has 3 aromatic rings. The topological polar surface area (TPSA) is 117 Å². The van der Waals surface area contributed by atoms with Gasteiger partial charge in [-0.2, -0.15) is 5.26 Å². The molecule has 0 spiro atoms. The molecule has 192 valence electrons. The van der Waals surface area contributed by atoms with Crippen molar-refractivity contribution >= 4 is 17.6 Å². The normalized spacial score (nSPS) is 11.6. The first kappa shape index (κ1) is 25.6. The van der Waals surface area contributed by atoms with Crippen LogP contribution in [0.4, 0.5) is 10.5 Å². The molecule has 0 fully saturated rings. The van der Waals surface area contributed by atoms with Gasteiger partial charge in [0.25, 0.3) is 0 Å². The first-order valence-electron chi connectivity index (χ1n) is 11.7. The molecule has 10 heteroatoms. The fourth-order valence-electron chi connectivity index (χ4n) is 3.84. The number of ether oxygens (including phenoxy) is 3. The van der Waals surface area contributed by atoms with E-state index in [1.54, 1.807) is 29.2 Å². The van der Waals surface area contributed by atoms with Crippen molar-refractivity contribution in [3.8, 4) is 17.6 Å². The van der Waals surface area contributed by atoms with Crippen LogP contribution in [0.25, 0.3) is 0 Å². The first-order valence-corrected chi connectivity index (χ1v) is 11.7. The van der Waals surface area contributed by atoms with Gasteiger partial charge in [0.2, 0.25) is 12.7 Å². The smallest absolute Gasteiger partial charge is 0.322 e. The zero-order valence-corrected chi connectivity index (χ0v) is 20.7. The van der Waals surface area contributed by atoms with Crippen molar-refractivity contribution in [3.63, 3.8) is 0 Å². The molecule has 2 heterocycles. The summed E-state index contributed by atoms with van der Waals surface area (Å²) in [7, 11) is 1.53. The third-order valence-electron chi connectivity index (χ3n) is 5.73. The number of carbonyl (C=O) groups excluding carboxylic acids is 2. The van der Waals surface area contributed by atoms with E-state index in [2.05, 4.69) is 5.32 Å². The van der Waals surface area contributed by atoms with E-state index in [0.29, 0.717) is 28.5 Å². The number of carbonyl (C=O) groups is 2. The van der Waals surface area contributed by atoms with E-state index < -0.39 is 6.03 Å². The van der Waals surface area contributed by atoms with Crippen LogP contribution in [0.1, 0.15) is 22.6 Å². The van der Waals surface area contributed by atoms with Crippen LogP contribution in [0.3, 0.4) is 0 Å². The quantitative estimate of drug-likeness (QED) is 0.445. The minimum Gasteiger partial charge on any atom is -0.464 e. The molecule has 0 atom stereocenters. The number of rotatable bonds is 10. The van der Waals surface area contributed by atoms with Crippen LogP contribution >= 0.6 is 0 Å². The average molecular weight is 505 g/mol. The van der Waals surface area contributed by atoms with Crippen molar-refractivity contribution in [2.24, 2.45) is 0 Å². The molecular formula is C27H28N4O6. The van der Waals surface area contributed by atoms with Crippen molar-refractivity contribution in [1.29, 1.82) is 5.26 Å². The molecule has 0 radical (unpaired) electrons. The Hall–Kier alpha value is -4.49. The fourth-order valence-corrected chi connectivity index (χ4v) is 3.84. The highest BCUT2D eigenvalue weighted by Crippen LogP contribution is 2.33. The number of hydrogen-bond acceptors (Lipinski definition) is 7. The van der Waals surface area contributed by atoms with E-state index in [-0.39, 0.29) is 45.5 Å². The molecule has 1 N–H and O–H groups in total. The van der Waals surface area contributed by atoms with Crippen molar-refractivity contribution in [1.82, 2.24) is 9.80 Å². The highest BCUT2D eigenvalue weighted by atomic mass is 16.7. The fraction of sp³-hybridized carbons (Fsp3) is 0.296. The third kappa shape index (κ3) is 6.80. The molecule has 4 rings (SSSR count). The summed E-state index contributed by atoms with van der Waals surface area (Å²) in [6.45, 7) is 2.77. The van der Waals surface area contributed by atoms with E-state index in [9.17, 15) is 9.59 Å². The van der Waals surface area contributed by atoms with Crippen LogP contribution < -0.4 is 14.8 Å². The van der Waals surface area contributed by atoms with Gasteiger partial charge in [-0.1, -0.05) is 12.1 Å². The van der Waals surface area contributed by atoms with Crippen LogP contribution in [0.2, 0.25) is 0 Å². The molecule has 0 saturated heterocycles. The Labute approximate surface area is 214 Å². The van der Waals surface area contributed by atoms with Crippen molar-refractivity contribution in [2.75, 3.05) is 38.9 Å². The Morgan fingerprint density at radius 1 is 1.05 bits per heavy atom. The average Bonchev–Trinajstić information content (AvgIpc) is 3.54. The Kier molecular flexibility index (Phi) is 8.28. The van der Waals surface area contributed by atoms with Gasteiger partial charge in [0.1, 0.15) is 18.1 Å². The number of amides is 3. The zero-order valence-electron chi connectivity index (χ0n) is 20.7. The molecule has 10 nitrogen and oxygen atoms in total. The van der Waals surface area contributed by atoms with Gasteiger partial charge in [0.05, 0.1) is 24.8 Å². The van der Waals surface area contributed by atoms with Crippen LogP contribution in [0, 0.1) is 18.3 Å². The predicted octanol–water partition coefficient (Wildman–Crippen LogP) is 3.90. The van der Waals surface area contributed by atoms with Crippen molar-refractivity contribution in [3.05, 3.63) is 77.2 Å². The van der Waals surface area contributed by atoms with Crippen LogP contribution in [-0.2, 0) is 22.6 Å². The van der Waals surface area contributed by atoms with E-state index >= 15 is 0 Å². The van der Waals surface area contributed by atoms with Crippen molar-refractivity contribution < 1.29 is 28.2 Å². The highest BCUT2D eigenvalue weighted by Gasteiger charge is 2.24. The van der Waals surface area contributed by atoms with E-state index in [4.69, 9.17) is 23.9 Å². The lowest BCUT2D eigenvalue weighted by molar-refractivity contribution is -0.133. The van der Waals surface area contributed by atoms with Gasteiger partial charge in [0, 0.05) is 25.9 Å². The van der Waals surface area contributed by atoms with Crippen LogP contribution in [0.5, 0.6) is 11.5 Å². The Morgan fingerprint density at radius 2 is 1.89 bits per heavy atom. The predicted molar refractivity (Wildman–Crippen MR) is 134 cm³/mol. The molecule has 0 saturated carbocycles. The monoisotopic (exact) mass is 504 g/mol. The van der Waals surface area contributed by atoms with Gasteiger partial charge in [-0.3, -0.25) is 4.79 Å². The lowest BCUT2D eigenvalue weighted by atomic mass is 10.2. The molecule has 1 aromatic heterocycles. The van der Waals surface area contributed by atoms with Gasteiger partial charge in [-0.05, 0) is 55.0 Å². The summed E-state index contributed by atoms with van der Waals surface area (Å²) in [5.74, 6) is 2.38. The summed E-state index contributed by atoms with van der Waals surface area (Å²) in [6, 6.07) is 17.3. The molecule has 1 aliphatic heterocycles. The van der Waals surface area contributed by atoms with Crippen LogP contribution in [-0.4, -0.2) is 55.3 Å². The van der Waals surface area contributed by atoms with E-state index in [1.807, 2.05) is 43.3 Å². The number of benzene rings is 2. The first-order chi connectivity index (χ1) is 17.9. The second kappa shape index (κ2) is 12.0. The number of furan rings is 1. The number of nitriles is 1. The van der Waals surface area contributed by atoms with Gasteiger partial charge in [-0.15, -0.1) is 0 Å². The Balaban J connectivity index is 1.51. The lowest BCUT2D eigenvalue weighted by Crippen LogP contribution is -2.45. The lowest BCUT2D eigenvalue weighted by Gasteiger charge is -2.27. The maximum atomic E-state index is 13.5. The number of methoxy groups -OCH3 is 1. The molecule has 0 bridgehead atoms. The molecule has 1 aliphatic rings. The summed E-state index contributed by atoms with van der Waals surface area (Å²) in [5, 5.41) is 11.9. The second-order valence-corrected chi connectivity index (χ2v) is 8.49. The summed E-state index contributed by atoms with van der Waals surface area (Å²) in [5.41, 5.74) is 1.73. The maximum absolute atomic E-state index is 13.5. The highest BCUT2D eigenvalue weighted by molar-refractivity contribution is 5.92. The number of aryl methyl sites for hydroxylation is 1. The van der Waals surface area contributed by atoms with Gasteiger partial charge >= 0.3 is 6.03 Å². The number of nitrogens with zero attached hydrogens (tertiary/aromatic N) is 3. The molecule has 3 amide bonds. The van der Waals surface area contributed by atoms with Crippen molar-refractivity contribution in [2.45, 2.75) is 20.0 Å². The number of fused-ring (bicyclic) bond motifs is 1. The minimum absolute atomic E-state index is 0.161. The molecular weight excluding hydrogens is 476 g/mol. The van der Waals surface area contributed by atoms with Gasteiger partial charge in [0.15, 0.2) is 11.5 Å². The SMILES string of the molecule is COCCN(CC(=O)N(Cc1ccc2c(c1)OCO2)Cc1ccc(C)o1)C(=O)Nc1cccc(C#N)c1. The molecule has 2 aromatic carbocycles. The number of nitrogens with one attached hydrogen (secondary N) is 1. The molecule has 0 unspecified atom stereocenters. The minimum atomic E-state index is -0.475. The standard InChI is InChI=1S/C27H28N4O6/c1-19-6-8-23(37-19)16-31(15-21-7-9-24-25(13-21)36-18-35-24)26(32)17-30(10-11-34-2)27(33)29-22-5-3-4-20(12-22)14-28/h3-9,12-13H,10-11,15-18H2,1-2H3,(H,29,33). The van der Waals surface area contributed by atoms with Gasteiger partial charge in [-0.25, -0.2) is 4.79 Å². The third-order valence-corrected chi connectivity index (χ3v) is 5.73. The summed E-state index contributed by atoms with van der Waals surface area (Å²) in [4.78, 5) is 29.6. The summed E-state index contributed by atoms with van der Waals surface area (Å²) in [6.07, 6.45) is 0. The van der Waals surface area contributed by atoms with Gasteiger partial charge < -0.3 is 33.7 Å². The number of anilines is 1. The molecule has 0 aliphatic carbocycles. The Bertz CT molecular complexity index is 1300. The number of urea groups is 1. The molecule has 37 heavy (non-hydrogen) atoms.